The lowest BCUT2D eigenvalue weighted by atomic mass is 10.0. The summed E-state index contributed by atoms with van der Waals surface area (Å²) >= 11 is 6.30. The van der Waals surface area contributed by atoms with Gasteiger partial charge < -0.3 is 15.5 Å². The summed E-state index contributed by atoms with van der Waals surface area (Å²) in [6, 6.07) is 0.637. The molecule has 0 amide bonds. The van der Waals surface area contributed by atoms with E-state index in [9.17, 15) is 0 Å². The van der Waals surface area contributed by atoms with Crippen molar-refractivity contribution >= 4 is 11.6 Å². The predicted molar refractivity (Wildman–Crippen MR) is 83.2 cm³/mol. The summed E-state index contributed by atoms with van der Waals surface area (Å²) in [5.74, 6) is 0. The second kappa shape index (κ2) is 6.43. The third-order valence-corrected chi connectivity index (χ3v) is 4.76. The van der Waals surface area contributed by atoms with E-state index in [0.717, 1.165) is 48.9 Å². The van der Waals surface area contributed by atoms with Crippen molar-refractivity contribution in [2.45, 2.75) is 31.8 Å². The molecule has 0 aliphatic carbocycles. The van der Waals surface area contributed by atoms with Crippen LogP contribution < -0.4 is 5.73 Å². The Morgan fingerprint density at radius 3 is 2.65 bits per heavy atom. The highest BCUT2D eigenvalue weighted by atomic mass is 35.5. The van der Waals surface area contributed by atoms with E-state index in [1.165, 1.54) is 0 Å². The van der Waals surface area contributed by atoms with Crippen LogP contribution in [0, 0.1) is 6.92 Å². The van der Waals surface area contributed by atoms with Gasteiger partial charge in [0.15, 0.2) is 0 Å². The minimum atomic E-state index is 0.112. The van der Waals surface area contributed by atoms with Crippen LogP contribution in [0.15, 0.2) is 0 Å². The first-order chi connectivity index (χ1) is 9.38. The molecule has 6 heteroatoms. The first-order valence-electron chi connectivity index (χ1n) is 7.20. The van der Waals surface area contributed by atoms with Crippen LogP contribution in [0.25, 0.3) is 0 Å². The molecule has 2 atom stereocenters. The molecular weight excluding hydrogens is 274 g/mol. The van der Waals surface area contributed by atoms with E-state index in [1.54, 1.807) is 0 Å². The van der Waals surface area contributed by atoms with Crippen molar-refractivity contribution in [2.75, 3.05) is 33.7 Å². The van der Waals surface area contributed by atoms with E-state index in [-0.39, 0.29) is 6.04 Å². The van der Waals surface area contributed by atoms with Crippen molar-refractivity contribution in [1.29, 1.82) is 0 Å². The number of aryl methyl sites for hydroxylation is 2. The minimum absolute atomic E-state index is 0.112. The highest BCUT2D eigenvalue weighted by Gasteiger charge is 2.25. The quantitative estimate of drug-likeness (QED) is 0.897. The molecule has 114 valence electrons. The average molecular weight is 300 g/mol. The van der Waals surface area contributed by atoms with E-state index in [4.69, 9.17) is 17.3 Å². The molecule has 1 aromatic rings. The number of piperazine rings is 1. The SMILES string of the molecule is Cc1nn(C)c(CC(N)CC2CN(C)CCN2C)c1Cl. The van der Waals surface area contributed by atoms with Crippen molar-refractivity contribution in [1.82, 2.24) is 19.6 Å². The first-order valence-corrected chi connectivity index (χ1v) is 7.58. The summed E-state index contributed by atoms with van der Waals surface area (Å²) < 4.78 is 1.86. The molecule has 2 N–H and O–H groups in total. The molecule has 1 fully saturated rings. The van der Waals surface area contributed by atoms with Crippen molar-refractivity contribution in [2.24, 2.45) is 12.8 Å². The van der Waals surface area contributed by atoms with Gasteiger partial charge in [-0.15, -0.1) is 0 Å². The third-order valence-electron chi connectivity index (χ3n) is 4.27. The van der Waals surface area contributed by atoms with Crippen molar-refractivity contribution in [3.63, 3.8) is 0 Å². The lowest BCUT2D eigenvalue weighted by Gasteiger charge is -2.38. The Bertz CT molecular complexity index is 459. The molecule has 2 rings (SSSR count). The number of nitrogens with two attached hydrogens (primary N) is 1. The van der Waals surface area contributed by atoms with Gasteiger partial charge in [-0.25, -0.2) is 0 Å². The molecule has 2 unspecified atom stereocenters. The number of rotatable bonds is 4. The summed E-state index contributed by atoms with van der Waals surface area (Å²) in [4.78, 5) is 4.79. The molecule has 2 heterocycles. The van der Waals surface area contributed by atoms with Gasteiger partial charge in [0.2, 0.25) is 0 Å². The second-order valence-electron chi connectivity index (χ2n) is 6.07. The molecule has 0 spiro atoms. The number of aromatic nitrogens is 2. The molecule has 1 aliphatic rings. The Balaban J connectivity index is 1.96. The summed E-state index contributed by atoms with van der Waals surface area (Å²) in [5, 5.41) is 5.11. The second-order valence-corrected chi connectivity index (χ2v) is 6.44. The smallest absolute Gasteiger partial charge is 0.0847 e. The largest absolute Gasteiger partial charge is 0.327 e. The van der Waals surface area contributed by atoms with Crippen molar-refractivity contribution in [3.8, 4) is 0 Å². The number of hydrogen-bond acceptors (Lipinski definition) is 4. The highest BCUT2D eigenvalue weighted by molar-refractivity contribution is 6.31. The van der Waals surface area contributed by atoms with Gasteiger partial charge in [0.25, 0.3) is 0 Å². The van der Waals surface area contributed by atoms with E-state index < -0.39 is 0 Å². The average Bonchev–Trinajstić information content (AvgIpc) is 2.61. The fourth-order valence-electron chi connectivity index (χ4n) is 2.94. The summed E-state index contributed by atoms with van der Waals surface area (Å²) in [7, 11) is 6.29. The number of halogens is 1. The van der Waals surface area contributed by atoms with E-state index in [1.807, 2.05) is 18.7 Å². The fraction of sp³-hybridized carbons (Fsp3) is 0.786. The number of hydrogen-bond donors (Lipinski definition) is 1. The van der Waals surface area contributed by atoms with Gasteiger partial charge in [-0.1, -0.05) is 11.6 Å². The van der Waals surface area contributed by atoms with Gasteiger partial charge in [-0.05, 0) is 27.4 Å². The molecule has 0 saturated carbocycles. The molecule has 20 heavy (non-hydrogen) atoms. The zero-order valence-electron chi connectivity index (χ0n) is 12.9. The predicted octanol–water partition coefficient (Wildman–Crippen LogP) is 0.888. The van der Waals surface area contributed by atoms with Crippen molar-refractivity contribution in [3.05, 3.63) is 16.4 Å². The van der Waals surface area contributed by atoms with Crippen LogP contribution in [0.3, 0.4) is 0 Å². The number of likely N-dealkylation sites (N-methyl/N-ethyl adjacent to an activating group) is 2. The number of nitrogens with zero attached hydrogens (tertiary/aromatic N) is 4. The first kappa shape index (κ1) is 15.8. The standard InChI is InChI=1S/C14H26ClN5/c1-10-14(15)13(20(4)17-10)8-11(16)7-12-9-18(2)5-6-19(12)3/h11-12H,5-9,16H2,1-4H3. The third kappa shape index (κ3) is 3.52. The monoisotopic (exact) mass is 299 g/mol. The summed E-state index contributed by atoms with van der Waals surface area (Å²) in [6.07, 6.45) is 1.77. The lowest BCUT2D eigenvalue weighted by molar-refractivity contribution is 0.104. The molecule has 0 radical (unpaired) electrons. The topological polar surface area (TPSA) is 50.3 Å². The fourth-order valence-corrected chi connectivity index (χ4v) is 3.18. The van der Waals surface area contributed by atoms with Gasteiger partial charge >= 0.3 is 0 Å². The van der Waals surface area contributed by atoms with Gasteiger partial charge in [-0.3, -0.25) is 4.68 Å². The molecule has 5 nitrogen and oxygen atoms in total. The van der Waals surface area contributed by atoms with Gasteiger partial charge in [0, 0.05) is 45.2 Å². The Morgan fingerprint density at radius 2 is 2.05 bits per heavy atom. The Hall–Kier alpha value is -0.620. The summed E-state index contributed by atoms with van der Waals surface area (Å²) in [5.41, 5.74) is 8.27. The van der Waals surface area contributed by atoms with E-state index in [2.05, 4.69) is 29.0 Å². The molecule has 1 aliphatic heterocycles. The lowest BCUT2D eigenvalue weighted by Crippen LogP contribution is -2.52. The van der Waals surface area contributed by atoms with Crippen LogP contribution in [0.4, 0.5) is 0 Å². The zero-order valence-corrected chi connectivity index (χ0v) is 13.7. The van der Waals surface area contributed by atoms with Gasteiger partial charge in [-0.2, -0.15) is 5.10 Å². The minimum Gasteiger partial charge on any atom is -0.327 e. The van der Waals surface area contributed by atoms with Crippen LogP contribution in [-0.4, -0.2) is 65.4 Å². The van der Waals surface area contributed by atoms with Crippen LogP contribution >= 0.6 is 11.6 Å². The normalized spacial score (nSPS) is 23.2. The molecule has 1 saturated heterocycles. The Morgan fingerprint density at radius 1 is 1.35 bits per heavy atom. The van der Waals surface area contributed by atoms with Crippen molar-refractivity contribution < 1.29 is 0 Å². The van der Waals surface area contributed by atoms with E-state index in [0.29, 0.717) is 6.04 Å². The Kier molecular flexibility index (Phi) is 5.07. The van der Waals surface area contributed by atoms with Crippen LogP contribution in [-0.2, 0) is 13.5 Å². The maximum absolute atomic E-state index is 6.35. The molecule has 0 bridgehead atoms. The van der Waals surface area contributed by atoms with Crippen LogP contribution in [0.1, 0.15) is 17.8 Å². The zero-order chi connectivity index (χ0) is 14.9. The van der Waals surface area contributed by atoms with Crippen LogP contribution in [0.2, 0.25) is 5.02 Å². The van der Waals surface area contributed by atoms with E-state index >= 15 is 0 Å². The molecule has 1 aromatic heterocycles. The van der Waals surface area contributed by atoms with Gasteiger partial charge in [0.05, 0.1) is 16.4 Å². The summed E-state index contributed by atoms with van der Waals surface area (Å²) in [6.45, 7) is 5.26. The Labute approximate surface area is 126 Å². The molecular formula is C14H26ClN5. The maximum atomic E-state index is 6.35. The van der Waals surface area contributed by atoms with Crippen LogP contribution in [0.5, 0.6) is 0 Å². The maximum Gasteiger partial charge on any atom is 0.0847 e. The van der Waals surface area contributed by atoms with Gasteiger partial charge in [0.1, 0.15) is 0 Å². The highest BCUT2D eigenvalue weighted by Crippen LogP contribution is 2.22. The molecule has 0 aromatic carbocycles.